The summed E-state index contributed by atoms with van der Waals surface area (Å²) in [7, 11) is 0. The second kappa shape index (κ2) is 9.79. The summed E-state index contributed by atoms with van der Waals surface area (Å²) in [4.78, 5) is 16.6. The maximum absolute atomic E-state index is 11.8. The van der Waals surface area contributed by atoms with Gasteiger partial charge in [-0.2, -0.15) is 0 Å². The minimum atomic E-state index is -0.466. The van der Waals surface area contributed by atoms with E-state index in [4.69, 9.17) is 14.5 Å². The Hall–Kier alpha value is -1.82. The SMILES string of the molecule is CC(CCOC1CC(CCc2ccc3c(n2)NCCC3)C1)NC(=O)OC(C)(C)C. The largest absolute Gasteiger partial charge is 0.444 e. The van der Waals surface area contributed by atoms with Gasteiger partial charge in [-0.15, -0.1) is 0 Å². The van der Waals surface area contributed by atoms with E-state index in [1.165, 1.54) is 24.1 Å². The van der Waals surface area contributed by atoms with Crippen LogP contribution in [0.1, 0.15) is 71.1 Å². The summed E-state index contributed by atoms with van der Waals surface area (Å²) in [5.74, 6) is 1.83. The average Bonchev–Trinajstić information content (AvgIpc) is 2.61. The normalized spacial score (nSPS) is 22.1. The zero-order valence-electron chi connectivity index (χ0n) is 18.4. The number of anilines is 1. The van der Waals surface area contributed by atoms with Gasteiger partial charge in [0.05, 0.1) is 6.10 Å². The standard InChI is InChI=1S/C23H37N3O3/c1-16(25-22(27)29-23(2,3)4)11-13-28-20-14-17(15-20)7-9-19-10-8-18-6-5-12-24-21(18)26-19/h8,10,16-17,20H,5-7,9,11-15H2,1-4H3,(H,24,26)(H,25,27). The third kappa shape index (κ3) is 7.18. The molecule has 1 amide bonds. The molecule has 1 aromatic heterocycles. The van der Waals surface area contributed by atoms with Crippen molar-refractivity contribution in [3.8, 4) is 0 Å². The van der Waals surface area contributed by atoms with Crippen LogP contribution in [0, 0.1) is 5.92 Å². The van der Waals surface area contributed by atoms with Crippen LogP contribution in [-0.4, -0.2) is 42.0 Å². The molecule has 2 N–H and O–H groups in total. The number of alkyl carbamates (subject to hydrolysis) is 1. The van der Waals surface area contributed by atoms with Crippen molar-refractivity contribution < 1.29 is 14.3 Å². The van der Waals surface area contributed by atoms with Gasteiger partial charge in [0.2, 0.25) is 0 Å². The molecular weight excluding hydrogens is 366 g/mol. The molecule has 6 heteroatoms. The molecule has 162 valence electrons. The van der Waals surface area contributed by atoms with Crippen molar-refractivity contribution in [2.24, 2.45) is 5.92 Å². The summed E-state index contributed by atoms with van der Waals surface area (Å²) in [5.41, 5.74) is 2.09. The predicted octanol–water partition coefficient (Wildman–Crippen LogP) is 4.47. The number of hydrogen-bond acceptors (Lipinski definition) is 5. The van der Waals surface area contributed by atoms with E-state index in [0.717, 1.165) is 50.4 Å². The number of carbonyl (C=O) groups excluding carboxylic acids is 1. The van der Waals surface area contributed by atoms with Gasteiger partial charge in [-0.1, -0.05) is 6.07 Å². The predicted molar refractivity (Wildman–Crippen MR) is 115 cm³/mol. The lowest BCUT2D eigenvalue weighted by Crippen LogP contribution is -2.39. The fourth-order valence-electron chi connectivity index (χ4n) is 3.90. The highest BCUT2D eigenvalue weighted by Gasteiger charge is 2.29. The number of fused-ring (bicyclic) bond motifs is 1. The number of nitrogens with zero attached hydrogens (tertiary/aromatic N) is 1. The van der Waals surface area contributed by atoms with E-state index in [1.54, 1.807) is 0 Å². The fraction of sp³-hybridized carbons (Fsp3) is 0.739. The van der Waals surface area contributed by atoms with Gasteiger partial charge in [-0.25, -0.2) is 9.78 Å². The van der Waals surface area contributed by atoms with Crippen LogP contribution in [0.15, 0.2) is 12.1 Å². The van der Waals surface area contributed by atoms with E-state index in [9.17, 15) is 4.79 Å². The van der Waals surface area contributed by atoms with Gasteiger partial charge in [-0.05, 0) is 90.2 Å². The summed E-state index contributed by atoms with van der Waals surface area (Å²) in [6, 6.07) is 4.48. The molecule has 1 aliphatic carbocycles. The van der Waals surface area contributed by atoms with Crippen molar-refractivity contribution in [3.63, 3.8) is 0 Å². The van der Waals surface area contributed by atoms with Gasteiger partial charge < -0.3 is 20.1 Å². The van der Waals surface area contributed by atoms with Gasteiger partial charge in [0.25, 0.3) is 0 Å². The number of hydrogen-bond donors (Lipinski definition) is 2. The Balaban J connectivity index is 1.26. The zero-order valence-corrected chi connectivity index (χ0v) is 18.4. The first-order valence-electron chi connectivity index (χ1n) is 11.1. The monoisotopic (exact) mass is 403 g/mol. The molecule has 6 nitrogen and oxygen atoms in total. The molecule has 0 saturated heterocycles. The number of ether oxygens (including phenoxy) is 2. The smallest absolute Gasteiger partial charge is 0.407 e. The molecule has 1 aromatic rings. The highest BCUT2D eigenvalue weighted by molar-refractivity contribution is 5.68. The molecule has 1 saturated carbocycles. The maximum atomic E-state index is 11.8. The second-order valence-electron chi connectivity index (χ2n) is 9.55. The molecular formula is C23H37N3O3. The van der Waals surface area contributed by atoms with E-state index in [1.807, 2.05) is 27.7 Å². The Morgan fingerprint density at radius 3 is 2.90 bits per heavy atom. The molecule has 0 radical (unpaired) electrons. The van der Waals surface area contributed by atoms with Gasteiger partial charge in [-0.3, -0.25) is 0 Å². The lowest BCUT2D eigenvalue weighted by Gasteiger charge is -2.35. The van der Waals surface area contributed by atoms with Gasteiger partial charge in [0, 0.05) is 24.9 Å². The number of rotatable bonds is 8. The highest BCUT2D eigenvalue weighted by atomic mass is 16.6. The van der Waals surface area contributed by atoms with Crippen LogP contribution in [0.5, 0.6) is 0 Å². The molecule has 1 aliphatic heterocycles. The quantitative estimate of drug-likeness (QED) is 0.670. The number of nitrogens with one attached hydrogen (secondary N) is 2. The highest BCUT2D eigenvalue weighted by Crippen LogP contribution is 2.34. The fourth-order valence-corrected chi connectivity index (χ4v) is 3.90. The lowest BCUT2D eigenvalue weighted by atomic mass is 9.79. The Labute approximate surface area is 175 Å². The van der Waals surface area contributed by atoms with Crippen molar-refractivity contribution in [1.29, 1.82) is 0 Å². The molecule has 0 spiro atoms. The van der Waals surface area contributed by atoms with E-state index >= 15 is 0 Å². The van der Waals surface area contributed by atoms with Crippen LogP contribution in [0.4, 0.5) is 10.6 Å². The molecule has 29 heavy (non-hydrogen) atoms. The van der Waals surface area contributed by atoms with Crippen molar-refractivity contribution in [1.82, 2.24) is 10.3 Å². The van der Waals surface area contributed by atoms with Crippen molar-refractivity contribution in [2.45, 2.75) is 90.4 Å². The number of carbonyl (C=O) groups is 1. The van der Waals surface area contributed by atoms with Crippen LogP contribution in [0.25, 0.3) is 0 Å². The van der Waals surface area contributed by atoms with Crippen LogP contribution in [0.2, 0.25) is 0 Å². The van der Waals surface area contributed by atoms with Crippen LogP contribution >= 0.6 is 0 Å². The van der Waals surface area contributed by atoms with Crippen LogP contribution < -0.4 is 10.6 Å². The number of pyridine rings is 1. The van der Waals surface area contributed by atoms with E-state index in [-0.39, 0.29) is 12.1 Å². The molecule has 2 aliphatic rings. The van der Waals surface area contributed by atoms with Gasteiger partial charge >= 0.3 is 6.09 Å². The first-order valence-corrected chi connectivity index (χ1v) is 11.1. The first-order chi connectivity index (χ1) is 13.8. The number of aryl methyl sites for hydroxylation is 2. The Kier molecular flexibility index (Phi) is 7.38. The Morgan fingerprint density at radius 1 is 1.34 bits per heavy atom. The first kappa shape index (κ1) is 21.9. The number of amides is 1. The van der Waals surface area contributed by atoms with Crippen molar-refractivity contribution in [2.75, 3.05) is 18.5 Å². The number of aromatic nitrogens is 1. The Bertz CT molecular complexity index is 680. The molecule has 1 fully saturated rings. The van der Waals surface area contributed by atoms with E-state index in [2.05, 4.69) is 22.8 Å². The van der Waals surface area contributed by atoms with Crippen LogP contribution in [0.3, 0.4) is 0 Å². The average molecular weight is 404 g/mol. The minimum Gasteiger partial charge on any atom is -0.444 e. The second-order valence-corrected chi connectivity index (χ2v) is 9.55. The maximum Gasteiger partial charge on any atom is 0.407 e. The molecule has 2 heterocycles. The van der Waals surface area contributed by atoms with Gasteiger partial charge in [0.15, 0.2) is 0 Å². The Morgan fingerprint density at radius 2 is 2.14 bits per heavy atom. The van der Waals surface area contributed by atoms with Crippen molar-refractivity contribution >= 4 is 11.9 Å². The van der Waals surface area contributed by atoms with E-state index in [0.29, 0.717) is 12.7 Å². The van der Waals surface area contributed by atoms with E-state index < -0.39 is 5.60 Å². The van der Waals surface area contributed by atoms with Gasteiger partial charge in [0.1, 0.15) is 11.4 Å². The van der Waals surface area contributed by atoms with Crippen LogP contribution in [-0.2, 0) is 22.3 Å². The molecule has 1 atom stereocenters. The summed E-state index contributed by atoms with van der Waals surface area (Å²) >= 11 is 0. The summed E-state index contributed by atoms with van der Waals surface area (Å²) in [6.07, 6.45) is 7.65. The molecule has 1 unspecified atom stereocenters. The van der Waals surface area contributed by atoms with Crippen molar-refractivity contribution in [3.05, 3.63) is 23.4 Å². The zero-order chi connectivity index (χ0) is 20.9. The summed E-state index contributed by atoms with van der Waals surface area (Å²) in [5, 5.41) is 6.28. The summed E-state index contributed by atoms with van der Waals surface area (Å²) in [6.45, 7) is 9.30. The topological polar surface area (TPSA) is 72.5 Å². The lowest BCUT2D eigenvalue weighted by molar-refractivity contribution is -0.0351. The molecule has 0 bridgehead atoms. The molecule has 0 aromatic carbocycles. The third-order valence-electron chi connectivity index (χ3n) is 5.62. The molecule has 3 rings (SSSR count). The third-order valence-corrected chi connectivity index (χ3v) is 5.62. The summed E-state index contributed by atoms with van der Waals surface area (Å²) < 4.78 is 11.2. The minimum absolute atomic E-state index is 0.0458.